The summed E-state index contributed by atoms with van der Waals surface area (Å²) in [7, 11) is 0. The van der Waals surface area contributed by atoms with Crippen molar-refractivity contribution in [2.45, 2.75) is 52.5 Å². The Bertz CT molecular complexity index is 436. The molecule has 0 fully saturated rings. The molecule has 1 aliphatic rings. The third kappa shape index (κ3) is 3.41. The van der Waals surface area contributed by atoms with Gasteiger partial charge in [0.05, 0.1) is 6.54 Å². The smallest absolute Gasteiger partial charge is 0.247 e. The highest BCUT2D eigenvalue weighted by atomic mass is 15.3. The molecule has 1 heterocycles. The topological polar surface area (TPSA) is 6.25 Å². The minimum absolute atomic E-state index is 0.488. The Balaban J connectivity index is 2.08. The van der Waals surface area contributed by atoms with Crippen LogP contribution in [0.3, 0.4) is 0 Å². The molecule has 2 heteroatoms. The largest absolute Gasteiger partial charge is 0.262 e. The maximum atomic E-state index is 2.61. The predicted octanol–water partition coefficient (Wildman–Crippen LogP) is 4.07. The molecular formula is C18H29N2+. The molecule has 110 valence electrons. The van der Waals surface area contributed by atoms with Crippen LogP contribution in [0.4, 0.5) is 0 Å². The van der Waals surface area contributed by atoms with Gasteiger partial charge in [-0.3, -0.25) is 9.48 Å². The lowest BCUT2D eigenvalue weighted by Crippen LogP contribution is -2.31. The number of benzene rings is 1. The third-order valence-electron chi connectivity index (χ3n) is 4.40. The van der Waals surface area contributed by atoms with Crippen LogP contribution in [0.15, 0.2) is 30.3 Å². The van der Waals surface area contributed by atoms with Crippen LogP contribution in [0.25, 0.3) is 0 Å². The van der Waals surface area contributed by atoms with Crippen LogP contribution in [0.1, 0.15) is 58.1 Å². The summed E-state index contributed by atoms with van der Waals surface area (Å²) < 4.78 is 2.61. The minimum Gasteiger partial charge on any atom is -0.262 e. The maximum Gasteiger partial charge on any atom is 0.247 e. The third-order valence-corrected chi connectivity index (χ3v) is 4.40. The Morgan fingerprint density at radius 3 is 2.55 bits per heavy atom. The van der Waals surface area contributed by atoms with Gasteiger partial charge in [-0.05, 0) is 25.3 Å². The van der Waals surface area contributed by atoms with E-state index in [4.69, 9.17) is 0 Å². The Morgan fingerprint density at radius 1 is 1.15 bits per heavy atom. The Kier molecular flexibility index (Phi) is 5.63. The number of rotatable bonds is 7. The number of nitrogens with zero attached hydrogens (tertiary/aromatic N) is 2. The van der Waals surface area contributed by atoms with Crippen LogP contribution in [-0.2, 0) is 0 Å². The Morgan fingerprint density at radius 2 is 1.90 bits per heavy atom. The van der Waals surface area contributed by atoms with Crippen LogP contribution in [0.2, 0.25) is 0 Å². The van der Waals surface area contributed by atoms with E-state index in [0.717, 1.165) is 6.42 Å². The van der Waals surface area contributed by atoms with Crippen molar-refractivity contribution in [2.75, 3.05) is 19.6 Å². The molecule has 1 atom stereocenters. The van der Waals surface area contributed by atoms with Crippen molar-refractivity contribution in [1.82, 2.24) is 4.90 Å². The van der Waals surface area contributed by atoms with Gasteiger partial charge in [-0.2, -0.15) is 0 Å². The van der Waals surface area contributed by atoms with E-state index >= 15 is 0 Å². The van der Waals surface area contributed by atoms with E-state index in [1.807, 2.05) is 0 Å². The summed E-state index contributed by atoms with van der Waals surface area (Å²) in [4.78, 5) is 2.60. The van der Waals surface area contributed by atoms with Gasteiger partial charge in [0.2, 0.25) is 5.84 Å². The van der Waals surface area contributed by atoms with Crippen molar-refractivity contribution in [3.8, 4) is 0 Å². The lowest BCUT2D eigenvalue weighted by atomic mass is 10.1. The average molecular weight is 273 g/mol. The SMILES string of the molecule is CCCCC[N+]1=C(CC)N([C@H](C)c2ccccc2)CC1. The van der Waals surface area contributed by atoms with E-state index < -0.39 is 0 Å². The fourth-order valence-electron chi connectivity index (χ4n) is 3.22. The fraction of sp³-hybridized carbons (Fsp3) is 0.611. The zero-order chi connectivity index (χ0) is 14.4. The summed E-state index contributed by atoms with van der Waals surface area (Å²) in [6.45, 7) is 10.5. The van der Waals surface area contributed by atoms with Gasteiger partial charge in [0.25, 0.3) is 0 Å². The monoisotopic (exact) mass is 273 g/mol. The molecule has 0 radical (unpaired) electrons. The van der Waals surface area contributed by atoms with Gasteiger partial charge in [-0.15, -0.1) is 0 Å². The second-order valence-electron chi connectivity index (χ2n) is 5.74. The van der Waals surface area contributed by atoms with Crippen molar-refractivity contribution < 1.29 is 4.58 Å². The first kappa shape index (κ1) is 15.1. The van der Waals surface area contributed by atoms with Gasteiger partial charge in [0.15, 0.2) is 0 Å². The standard InChI is InChI=1S/C18H29N2/c1-4-6-10-13-19-14-15-20(18(19)5-2)16(3)17-11-8-7-9-12-17/h7-9,11-12,16H,4-6,10,13-15H2,1-3H3/q+1/t16-/m1/s1. The summed E-state index contributed by atoms with van der Waals surface area (Å²) in [6.07, 6.45) is 5.12. The van der Waals surface area contributed by atoms with Crippen LogP contribution < -0.4 is 0 Å². The predicted molar refractivity (Wildman–Crippen MR) is 86.4 cm³/mol. The highest BCUT2D eigenvalue weighted by Crippen LogP contribution is 2.23. The molecule has 0 unspecified atom stereocenters. The zero-order valence-electron chi connectivity index (χ0n) is 13.3. The van der Waals surface area contributed by atoms with E-state index in [-0.39, 0.29) is 0 Å². The highest BCUT2D eigenvalue weighted by molar-refractivity contribution is 5.78. The molecule has 0 bridgehead atoms. The first-order valence-electron chi connectivity index (χ1n) is 8.20. The van der Waals surface area contributed by atoms with E-state index in [9.17, 15) is 0 Å². The number of unbranched alkanes of at least 4 members (excludes halogenated alkanes) is 2. The molecule has 2 nitrogen and oxygen atoms in total. The van der Waals surface area contributed by atoms with E-state index in [1.165, 1.54) is 50.3 Å². The van der Waals surface area contributed by atoms with Crippen molar-refractivity contribution >= 4 is 5.84 Å². The van der Waals surface area contributed by atoms with E-state index in [2.05, 4.69) is 60.6 Å². The number of hydrogen-bond donors (Lipinski definition) is 0. The molecule has 0 saturated heterocycles. The molecule has 0 spiro atoms. The Labute approximate surface area is 124 Å². The van der Waals surface area contributed by atoms with Crippen molar-refractivity contribution in [1.29, 1.82) is 0 Å². The molecule has 1 aromatic rings. The van der Waals surface area contributed by atoms with Crippen LogP contribution >= 0.6 is 0 Å². The quantitative estimate of drug-likeness (QED) is 0.536. The highest BCUT2D eigenvalue weighted by Gasteiger charge is 2.33. The summed E-state index contributed by atoms with van der Waals surface area (Å²) >= 11 is 0. The normalized spacial score (nSPS) is 16.9. The number of hydrogen-bond acceptors (Lipinski definition) is 1. The van der Waals surface area contributed by atoms with Gasteiger partial charge >= 0.3 is 0 Å². The molecule has 1 aromatic carbocycles. The molecule has 0 N–H and O–H groups in total. The fourth-order valence-corrected chi connectivity index (χ4v) is 3.22. The second kappa shape index (κ2) is 7.47. The molecule has 20 heavy (non-hydrogen) atoms. The van der Waals surface area contributed by atoms with E-state index in [1.54, 1.807) is 0 Å². The first-order chi connectivity index (χ1) is 9.77. The summed E-state index contributed by atoms with van der Waals surface area (Å²) in [6, 6.07) is 11.4. The minimum atomic E-state index is 0.488. The molecular weight excluding hydrogens is 244 g/mol. The summed E-state index contributed by atoms with van der Waals surface area (Å²) in [5.41, 5.74) is 1.42. The van der Waals surface area contributed by atoms with Crippen LogP contribution in [0.5, 0.6) is 0 Å². The lowest BCUT2D eigenvalue weighted by molar-refractivity contribution is -0.519. The molecule has 2 rings (SSSR count). The van der Waals surface area contributed by atoms with Gasteiger partial charge in [0, 0.05) is 6.42 Å². The van der Waals surface area contributed by atoms with Crippen molar-refractivity contribution in [3.05, 3.63) is 35.9 Å². The second-order valence-corrected chi connectivity index (χ2v) is 5.74. The molecule has 0 amide bonds. The summed E-state index contributed by atoms with van der Waals surface area (Å²) in [5.74, 6) is 1.54. The van der Waals surface area contributed by atoms with Gasteiger partial charge in [-0.25, -0.2) is 0 Å². The molecule has 0 aromatic heterocycles. The van der Waals surface area contributed by atoms with Crippen LogP contribution in [-0.4, -0.2) is 34.9 Å². The molecule has 0 saturated carbocycles. The average Bonchev–Trinajstić information content (AvgIpc) is 2.90. The van der Waals surface area contributed by atoms with Gasteiger partial charge in [0.1, 0.15) is 19.1 Å². The first-order valence-corrected chi connectivity index (χ1v) is 8.20. The van der Waals surface area contributed by atoms with Crippen LogP contribution in [0, 0.1) is 0 Å². The Hall–Kier alpha value is -1.31. The van der Waals surface area contributed by atoms with Crippen molar-refractivity contribution in [2.24, 2.45) is 0 Å². The maximum absolute atomic E-state index is 2.61. The lowest BCUT2D eigenvalue weighted by Gasteiger charge is -2.21. The molecule has 1 aliphatic heterocycles. The van der Waals surface area contributed by atoms with Crippen molar-refractivity contribution in [3.63, 3.8) is 0 Å². The van der Waals surface area contributed by atoms with Gasteiger partial charge in [-0.1, -0.05) is 50.6 Å². The summed E-state index contributed by atoms with van der Waals surface area (Å²) in [5, 5.41) is 0. The number of amidine groups is 1. The van der Waals surface area contributed by atoms with E-state index in [0.29, 0.717) is 6.04 Å². The zero-order valence-corrected chi connectivity index (χ0v) is 13.3. The van der Waals surface area contributed by atoms with Gasteiger partial charge < -0.3 is 0 Å². The molecule has 0 aliphatic carbocycles.